The second-order valence-corrected chi connectivity index (χ2v) is 8.33. The number of hydrogen-bond donors (Lipinski definition) is 0. The molecule has 7 nitrogen and oxygen atoms in total. The van der Waals surface area contributed by atoms with Crippen molar-refractivity contribution in [3.8, 4) is 17.4 Å². The van der Waals surface area contributed by atoms with E-state index in [1.807, 2.05) is 45.1 Å². The minimum absolute atomic E-state index is 0.488. The Morgan fingerprint density at radius 2 is 1.47 bits per heavy atom. The van der Waals surface area contributed by atoms with E-state index in [-0.39, 0.29) is 0 Å². The molecule has 1 heterocycles. The fourth-order valence-corrected chi connectivity index (χ4v) is 3.58. The highest BCUT2D eigenvalue weighted by Gasteiger charge is 2.09. The molecule has 0 aliphatic heterocycles. The van der Waals surface area contributed by atoms with Gasteiger partial charge in [0.25, 0.3) is 5.88 Å². The van der Waals surface area contributed by atoms with Gasteiger partial charge in [0.2, 0.25) is 0 Å². The minimum atomic E-state index is 0.488. The predicted molar refractivity (Wildman–Crippen MR) is 147 cm³/mol. The topological polar surface area (TPSA) is 75.3 Å². The molecule has 0 saturated heterocycles. The van der Waals surface area contributed by atoms with Crippen LogP contribution in [0.3, 0.4) is 0 Å². The number of hydrogen-bond acceptors (Lipinski definition) is 7. The largest absolute Gasteiger partial charge is 0.493 e. The van der Waals surface area contributed by atoms with Crippen molar-refractivity contribution in [2.75, 3.05) is 26.9 Å². The lowest BCUT2D eigenvalue weighted by atomic mass is 10.1. The van der Waals surface area contributed by atoms with Crippen LogP contribution < -0.4 is 14.2 Å². The predicted octanol–water partition coefficient (Wildman–Crippen LogP) is 7.83. The van der Waals surface area contributed by atoms with Gasteiger partial charge in [0.15, 0.2) is 5.76 Å². The lowest BCUT2D eigenvalue weighted by molar-refractivity contribution is 0.212. The summed E-state index contributed by atoms with van der Waals surface area (Å²) >= 11 is 0. The lowest BCUT2D eigenvalue weighted by Crippen LogP contribution is -2.02. The number of rotatable bonds is 17. The SMILES string of the molecule is C/C=C/COc1cc(C)c(OCCCCCCCCCOc2cc(C(C)=NOC)on2)c(C)c1.CC. The highest BCUT2D eigenvalue weighted by Crippen LogP contribution is 2.28. The number of aryl methyl sites for hydroxylation is 2. The first kappa shape index (κ1) is 31.1. The molecule has 0 amide bonds. The summed E-state index contributed by atoms with van der Waals surface area (Å²) in [7, 11) is 1.50. The van der Waals surface area contributed by atoms with E-state index in [9.17, 15) is 0 Å². The van der Waals surface area contributed by atoms with Crippen molar-refractivity contribution in [2.45, 2.75) is 86.5 Å². The molecule has 7 heteroatoms. The molecule has 0 aliphatic carbocycles. The van der Waals surface area contributed by atoms with Gasteiger partial charge in [-0.15, -0.1) is 0 Å². The van der Waals surface area contributed by atoms with E-state index in [2.05, 4.69) is 24.2 Å². The summed E-state index contributed by atoms with van der Waals surface area (Å²) in [5.74, 6) is 2.92. The van der Waals surface area contributed by atoms with E-state index < -0.39 is 0 Å². The van der Waals surface area contributed by atoms with Gasteiger partial charge in [-0.1, -0.05) is 63.3 Å². The van der Waals surface area contributed by atoms with Crippen molar-refractivity contribution >= 4 is 5.71 Å². The van der Waals surface area contributed by atoms with Crippen molar-refractivity contribution in [1.82, 2.24) is 5.16 Å². The Morgan fingerprint density at radius 1 is 0.889 bits per heavy atom. The number of aromatic nitrogens is 1. The van der Waals surface area contributed by atoms with Crippen molar-refractivity contribution in [2.24, 2.45) is 5.16 Å². The zero-order valence-corrected chi connectivity index (χ0v) is 23.4. The van der Waals surface area contributed by atoms with Gasteiger partial charge in [-0.05, 0) is 69.0 Å². The van der Waals surface area contributed by atoms with E-state index in [0.717, 1.165) is 48.5 Å². The molecule has 0 atom stereocenters. The van der Waals surface area contributed by atoms with Crippen LogP contribution in [0.25, 0.3) is 0 Å². The molecule has 0 fully saturated rings. The highest BCUT2D eigenvalue weighted by molar-refractivity contribution is 5.95. The van der Waals surface area contributed by atoms with E-state index in [0.29, 0.717) is 30.6 Å². The Balaban J connectivity index is 0.00000316. The average molecular weight is 503 g/mol. The fourth-order valence-electron chi connectivity index (χ4n) is 3.58. The number of ether oxygens (including phenoxy) is 3. The van der Waals surface area contributed by atoms with Crippen molar-refractivity contribution in [3.05, 3.63) is 47.2 Å². The number of allylic oxidation sites excluding steroid dienone is 1. The first-order chi connectivity index (χ1) is 17.5. The van der Waals surface area contributed by atoms with Gasteiger partial charge in [-0.2, -0.15) is 0 Å². The van der Waals surface area contributed by atoms with Crippen molar-refractivity contribution in [3.63, 3.8) is 0 Å². The van der Waals surface area contributed by atoms with Crippen molar-refractivity contribution in [1.29, 1.82) is 0 Å². The van der Waals surface area contributed by atoms with Gasteiger partial charge in [-0.25, -0.2) is 0 Å². The third-order valence-electron chi connectivity index (χ3n) is 5.37. The Kier molecular flexibility index (Phi) is 16.6. The zero-order valence-electron chi connectivity index (χ0n) is 23.4. The van der Waals surface area contributed by atoms with Crippen LogP contribution in [0.15, 0.2) is 40.0 Å². The number of nitrogens with zero attached hydrogens (tertiary/aromatic N) is 2. The van der Waals surface area contributed by atoms with Gasteiger partial charge in [0.05, 0.1) is 19.3 Å². The van der Waals surface area contributed by atoms with Crippen LogP contribution in [-0.4, -0.2) is 37.8 Å². The maximum absolute atomic E-state index is 6.07. The fraction of sp³-hybridized carbons (Fsp3) is 0.586. The van der Waals surface area contributed by atoms with E-state index in [1.54, 1.807) is 13.0 Å². The Morgan fingerprint density at radius 3 is 2.06 bits per heavy atom. The maximum atomic E-state index is 6.07. The smallest absolute Gasteiger partial charge is 0.254 e. The van der Waals surface area contributed by atoms with Gasteiger partial charge in [0, 0.05) is 0 Å². The Labute approximate surface area is 217 Å². The second kappa shape index (κ2) is 19.3. The Bertz CT molecular complexity index is 882. The number of benzene rings is 1. The molecule has 0 radical (unpaired) electrons. The van der Waals surface area contributed by atoms with Crippen LogP contribution in [0.2, 0.25) is 0 Å². The van der Waals surface area contributed by atoms with Crippen LogP contribution in [0, 0.1) is 13.8 Å². The summed E-state index contributed by atoms with van der Waals surface area (Å²) in [4.78, 5) is 4.73. The second-order valence-electron chi connectivity index (χ2n) is 8.33. The molecule has 0 aliphatic rings. The highest BCUT2D eigenvalue weighted by atomic mass is 16.6. The molecule has 0 bridgehead atoms. The van der Waals surface area contributed by atoms with Crippen LogP contribution in [0.5, 0.6) is 17.4 Å². The molecule has 1 aromatic carbocycles. The quantitative estimate of drug-likeness (QED) is 0.0949. The van der Waals surface area contributed by atoms with Crippen LogP contribution >= 0.6 is 0 Å². The molecule has 0 saturated carbocycles. The summed E-state index contributed by atoms with van der Waals surface area (Å²) in [6.45, 7) is 13.9. The molecule has 202 valence electrons. The molecule has 1 aromatic heterocycles. The van der Waals surface area contributed by atoms with Crippen LogP contribution in [0.4, 0.5) is 0 Å². The standard InChI is InChI=1S/C27H40N2O5.C2H6/c1-6-7-15-31-24-18-21(2)27(22(3)19-24)33-17-14-12-10-8-9-11-13-16-32-26-20-25(34-29-26)23(4)28-30-5;1-2/h6-7,18-20H,8-17H2,1-5H3;1-2H3/b7-6+,28-23?;. The molecule has 0 unspecified atom stereocenters. The van der Waals surface area contributed by atoms with E-state index in [4.69, 9.17) is 23.6 Å². The third kappa shape index (κ3) is 12.1. The Hall–Kier alpha value is -2.96. The summed E-state index contributed by atoms with van der Waals surface area (Å²) in [6, 6.07) is 5.83. The lowest BCUT2D eigenvalue weighted by Gasteiger charge is -2.14. The van der Waals surface area contributed by atoms with E-state index >= 15 is 0 Å². The monoisotopic (exact) mass is 502 g/mol. The molecular formula is C29H46N2O5. The number of oxime groups is 1. The zero-order chi connectivity index (χ0) is 26.6. The van der Waals surface area contributed by atoms with Gasteiger partial charge < -0.3 is 23.6 Å². The molecule has 2 aromatic rings. The maximum Gasteiger partial charge on any atom is 0.254 e. The number of unbranched alkanes of at least 4 members (excludes halogenated alkanes) is 6. The summed E-state index contributed by atoms with van der Waals surface area (Å²) in [6.07, 6.45) is 12.1. The van der Waals surface area contributed by atoms with Crippen LogP contribution in [0.1, 0.15) is 89.5 Å². The normalized spacial score (nSPS) is 11.2. The van der Waals surface area contributed by atoms with Gasteiger partial charge >= 0.3 is 0 Å². The van der Waals surface area contributed by atoms with E-state index in [1.165, 1.54) is 32.8 Å². The third-order valence-corrected chi connectivity index (χ3v) is 5.37. The van der Waals surface area contributed by atoms with Crippen LogP contribution in [-0.2, 0) is 4.84 Å². The first-order valence-electron chi connectivity index (χ1n) is 13.2. The first-order valence-corrected chi connectivity index (χ1v) is 13.2. The molecule has 0 N–H and O–H groups in total. The minimum Gasteiger partial charge on any atom is -0.493 e. The summed E-state index contributed by atoms with van der Waals surface area (Å²) in [5.41, 5.74) is 2.87. The molecule has 36 heavy (non-hydrogen) atoms. The average Bonchev–Trinajstić information content (AvgIpc) is 3.34. The van der Waals surface area contributed by atoms with Crippen molar-refractivity contribution < 1.29 is 23.6 Å². The molecule has 2 rings (SSSR count). The summed E-state index contributed by atoms with van der Waals surface area (Å²) in [5, 5.41) is 7.71. The molecule has 0 spiro atoms. The van der Waals surface area contributed by atoms with Gasteiger partial charge in [0.1, 0.15) is 30.9 Å². The summed E-state index contributed by atoms with van der Waals surface area (Å²) < 4.78 is 22.6. The molecular weight excluding hydrogens is 456 g/mol. The van der Waals surface area contributed by atoms with Gasteiger partial charge in [-0.3, -0.25) is 0 Å².